The lowest BCUT2D eigenvalue weighted by Crippen LogP contribution is -2.42. The second kappa shape index (κ2) is 5.05. The van der Waals surface area contributed by atoms with Gasteiger partial charge in [-0.2, -0.15) is 5.10 Å². The summed E-state index contributed by atoms with van der Waals surface area (Å²) in [6.45, 7) is 2.97. The highest BCUT2D eigenvalue weighted by molar-refractivity contribution is 6.30. The van der Waals surface area contributed by atoms with E-state index in [0.717, 1.165) is 9.25 Å². The maximum absolute atomic E-state index is 12.3. The van der Waals surface area contributed by atoms with E-state index < -0.39 is 17.0 Å². The van der Waals surface area contributed by atoms with Crippen LogP contribution in [0, 0.1) is 6.92 Å². The number of aromatic nitrogens is 3. The summed E-state index contributed by atoms with van der Waals surface area (Å²) >= 11 is 5.91. The van der Waals surface area contributed by atoms with Crippen molar-refractivity contribution in [3.05, 3.63) is 55.3 Å². The molecule has 104 valence electrons. The van der Waals surface area contributed by atoms with Crippen LogP contribution in [0.1, 0.15) is 23.0 Å². The van der Waals surface area contributed by atoms with E-state index in [1.807, 2.05) is 0 Å². The predicted molar refractivity (Wildman–Crippen MR) is 74.8 cm³/mol. The van der Waals surface area contributed by atoms with Gasteiger partial charge in [0.15, 0.2) is 11.5 Å². The predicted octanol–water partition coefficient (Wildman–Crippen LogP) is 1.10. The lowest BCUT2D eigenvalue weighted by molar-refractivity contribution is 0.100. The first kappa shape index (κ1) is 14.2. The number of carbonyl (C=O) groups is 1. The summed E-state index contributed by atoms with van der Waals surface area (Å²) in [5, 5.41) is 4.09. The van der Waals surface area contributed by atoms with Crippen molar-refractivity contribution >= 4 is 17.4 Å². The minimum Gasteiger partial charge on any atom is -0.292 e. The van der Waals surface area contributed by atoms with E-state index in [-0.39, 0.29) is 5.69 Å². The standard InChI is InChI=1S/C13H12ClN3O3/c1-7-4-5-9(14)6-10(7)17-12(19)11(8(2)18)15-16(3)13(17)20/h4-6H,1-3H3. The normalized spacial score (nSPS) is 10.6. The minimum atomic E-state index is -0.744. The Morgan fingerprint density at radius 3 is 2.55 bits per heavy atom. The molecule has 0 atom stereocenters. The zero-order valence-electron chi connectivity index (χ0n) is 11.2. The fraction of sp³-hybridized carbons (Fsp3) is 0.231. The van der Waals surface area contributed by atoms with Crippen molar-refractivity contribution < 1.29 is 4.79 Å². The van der Waals surface area contributed by atoms with Gasteiger partial charge in [0.1, 0.15) is 0 Å². The minimum absolute atomic E-state index is 0.286. The summed E-state index contributed by atoms with van der Waals surface area (Å²) in [7, 11) is 1.38. The molecular formula is C13H12ClN3O3. The smallest absolute Gasteiger partial charge is 0.292 e. The maximum atomic E-state index is 12.3. The molecule has 6 nitrogen and oxygen atoms in total. The molecule has 0 saturated carbocycles. The van der Waals surface area contributed by atoms with E-state index in [9.17, 15) is 14.4 Å². The number of carbonyl (C=O) groups excluding carboxylic acids is 1. The van der Waals surface area contributed by atoms with Crippen molar-refractivity contribution in [3.8, 4) is 5.69 Å². The van der Waals surface area contributed by atoms with Crippen LogP contribution in [-0.2, 0) is 7.05 Å². The van der Waals surface area contributed by atoms with Crippen LogP contribution in [0.5, 0.6) is 0 Å². The van der Waals surface area contributed by atoms with Crippen LogP contribution in [0.3, 0.4) is 0 Å². The number of benzene rings is 1. The van der Waals surface area contributed by atoms with Gasteiger partial charge >= 0.3 is 5.69 Å². The molecule has 0 aliphatic rings. The molecule has 0 amide bonds. The number of rotatable bonds is 2. The first-order chi connectivity index (χ1) is 9.32. The summed E-state index contributed by atoms with van der Waals surface area (Å²) in [4.78, 5) is 35.9. The fourth-order valence-corrected chi connectivity index (χ4v) is 2.00. The van der Waals surface area contributed by atoms with Crippen molar-refractivity contribution in [2.75, 3.05) is 0 Å². The second-order valence-corrected chi connectivity index (χ2v) is 4.82. The molecule has 0 aliphatic carbocycles. The second-order valence-electron chi connectivity index (χ2n) is 4.38. The van der Waals surface area contributed by atoms with Crippen molar-refractivity contribution in [1.82, 2.24) is 14.3 Å². The Kier molecular flexibility index (Phi) is 3.59. The van der Waals surface area contributed by atoms with E-state index in [0.29, 0.717) is 16.3 Å². The number of hydrogen-bond acceptors (Lipinski definition) is 4. The highest BCUT2D eigenvalue weighted by atomic mass is 35.5. The van der Waals surface area contributed by atoms with Crippen LogP contribution >= 0.6 is 11.6 Å². The Labute approximate surface area is 119 Å². The summed E-state index contributed by atoms with van der Waals surface area (Å²) in [6.07, 6.45) is 0. The van der Waals surface area contributed by atoms with Gasteiger partial charge in [-0.25, -0.2) is 14.0 Å². The van der Waals surface area contributed by atoms with E-state index in [4.69, 9.17) is 11.6 Å². The van der Waals surface area contributed by atoms with Gasteiger partial charge in [0, 0.05) is 19.0 Å². The number of ketones is 1. The average molecular weight is 294 g/mol. The van der Waals surface area contributed by atoms with Crippen LogP contribution in [0.25, 0.3) is 5.69 Å². The van der Waals surface area contributed by atoms with E-state index >= 15 is 0 Å². The monoisotopic (exact) mass is 293 g/mol. The molecule has 2 rings (SSSR count). The summed E-state index contributed by atoms with van der Waals surface area (Å²) < 4.78 is 1.86. The maximum Gasteiger partial charge on any atom is 0.351 e. The van der Waals surface area contributed by atoms with Gasteiger partial charge in [-0.05, 0) is 24.6 Å². The zero-order chi connectivity index (χ0) is 15.0. The molecule has 1 heterocycles. The summed E-state index contributed by atoms with van der Waals surface area (Å²) in [5.74, 6) is -0.501. The molecule has 0 spiro atoms. The lowest BCUT2D eigenvalue weighted by atomic mass is 10.2. The molecule has 0 N–H and O–H groups in total. The van der Waals surface area contributed by atoms with E-state index in [1.165, 1.54) is 20.0 Å². The van der Waals surface area contributed by atoms with Crippen LogP contribution < -0.4 is 11.2 Å². The largest absolute Gasteiger partial charge is 0.351 e. The zero-order valence-corrected chi connectivity index (χ0v) is 11.9. The van der Waals surface area contributed by atoms with Gasteiger partial charge in [-0.15, -0.1) is 0 Å². The third-order valence-corrected chi connectivity index (χ3v) is 3.10. The highest BCUT2D eigenvalue weighted by Gasteiger charge is 2.17. The van der Waals surface area contributed by atoms with Crippen LogP contribution in [-0.4, -0.2) is 20.1 Å². The quantitative estimate of drug-likeness (QED) is 0.777. The number of aryl methyl sites for hydroxylation is 2. The van der Waals surface area contributed by atoms with Gasteiger partial charge in [-0.3, -0.25) is 9.59 Å². The van der Waals surface area contributed by atoms with Gasteiger partial charge < -0.3 is 0 Å². The van der Waals surface area contributed by atoms with Crippen molar-refractivity contribution in [3.63, 3.8) is 0 Å². The first-order valence-corrected chi connectivity index (χ1v) is 6.18. The fourth-order valence-electron chi connectivity index (χ4n) is 1.83. The molecule has 1 aromatic carbocycles. The third-order valence-electron chi connectivity index (χ3n) is 2.87. The summed E-state index contributed by atoms with van der Waals surface area (Å²) in [6, 6.07) is 4.85. The van der Waals surface area contributed by atoms with Gasteiger partial charge in [-0.1, -0.05) is 17.7 Å². The lowest BCUT2D eigenvalue weighted by Gasteiger charge is -2.11. The molecule has 0 unspecified atom stereocenters. The molecule has 0 fully saturated rings. The average Bonchev–Trinajstić information content (AvgIpc) is 2.37. The molecule has 7 heteroatoms. The van der Waals surface area contributed by atoms with Gasteiger partial charge in [0.05, 0.1) is 5.69 Å². The van der Waals surface area contributed by atoms with Crippen LogP contribution in [0.2, 0.25) is 5.02 Å². The Balaban J connectivity index is 2.94. The molecule has 20 heavy (non-hydrogen) atoms. The Hall–Kier alpha value is -2.21. The molecular weight excluding hydrogens is 282 g/mol. The number of nitrogens with zero attached hydrogens (tertiary/aromatic N) is 3. The first-order valence-electron chi connectivity index (χ1n) is 5.80. The number of hydrogen-bond donors (Lipinski definition) is 0. The molecule has 0 aliphatic heterocycles. The van der Waals surface area contributed by atoms with Crippen molar-refractivity contribution in [2.24, 2.45) is 7.05 Å². The topological polar surface area (TPSA) is 74.0 Å². The van der Waals surface area contributed by atoms with Crippen LogP contribution in [0.15, 0.2) is 27.8 Å². The van der Waals surface area contributed by atoms with Crippen molar-refractivity contribution in [2.45, 2.75) is 13.8 Å². The molecule has 2 aromatic rings. The Bertz CT molecular complexity index is 821. The molecule has 0 radical (unpaired) electrons. The number of Topliss-reactive ketones (excluding diaryl/α,β-unsaturated/α-hetero) is 1. The third kappa shape index (κ3) is 2.30. The van der Waals surface area contributed by atoms with Crippen molar-refractivity contribution in [1.29, 1.82) is 0 Å². The Morgan fingerprint density at radius 2 is 1.95 bits per heavy atom. The van der Waals surface area contributed by atoms with Crippen LogP contribution in [0.4, 0.5) is 0 Å². The summed E-state index contributed by atoms with van der Waals surface area (Å²) in [5.41, 5.74) is -0.634. The van der Waals surface area contributed by atoms with E-state index in [1.54, 1.807) is 19.1 Å². The molecule has 0 saturated heterocycles. The molecule has 0 bridgehead atoms. The SMILES string of the molecule is CC(=O)c1nn(C)c(=O)n(-c2cc(Cl)ccc2C)c1=O. The number of halogens is 1. The van der Waals surface area contributed by atoms with E-state index in [2.05, 4.69) is 5.10 Å². The van der Waals surface area contributed by atoms with Gasteiger partial charge in [0.2, 0.25) is 0 Å². The van der Waals surface area contributed by atoms with Gasteiger partial charge in [0.25, 0.3) is 5.56 Å². The highest BCUT2D eigenvalue weighted by Crippen LogP contribution is 2.17. The molecule has 1 aromatic heterocycles. The Morgan fingerprint density at radius 1 is 1.30 bits per heavy atom.